The Hall–Kier alpha value is -2.16. The van der Waals surface area contributed by atoms with Crippen LogP contribution >= 0.6 is 23.7 Å². The fourth-order valence-corrected chi connectivity index (χ4v) is 3.84. The van der Waals surface area contributed by atoms with Gasteiger partial charge in [0, 0.05) is 17.5 Å². The van der Waals surface area contributed by atoms with Crippen LogP contribution in [0.4, 0.5) is 14.2 Å². The molecule has 3 rings (SSSR count). The summed E-state index contributed by atoms with van der Waals surface area (Å²) in [5.41, 5.74) is 6.17. The van der Waals surface area contributed by atoms with Gasteiger partial charge in [0.2, 0.25) is 0 Å². The number of nitrogens with two attached hydrogens (primary N) is 1. The smallest absolute Gasteiger partial charge is 0.317 e. The van der Waals surface area contributed by atoms with Gasteiger partial charge in [-0.25, -0.2) is 9.18 Å². The molecule has 1 fully saturated rings. The van der Waals surface area contributed by atoms with E-state index in [2.05, 4.69) is 16.0 Å². The van der Waals surface area contributed by atoms with E-state index in [4.69, 9.17) is 5.73 Å². The van der Waals surface area contributed by atoms with Crippen LogP contribution in [0.2, 0.25) is 0 Å². The Kier molecular flexibility index (Phi) is 6.96. The molecular formula is C17H20ClFN4O2S. The molecule has 0 bridgehead atoms. The van der Waals surface area contributed by atoms with Crippen molar-refractivity contribution < 1.29 is 14.0 Å². The van der Waals surface area contributed by atoms with Crippen LogP contribution in [0.25, 0.3) is 10.4 Å². The first-order valence-corrected chi connectivity index (χ1v) is 8.82. The molecule has 2 aromatic rings. The first-order chi connectivity index (χ1) is 12.0. The highest BCUT2D eigenvalue weighted by molar-refractivity contribution is 7.20. The van der Waals surface area contributed by atoms with Crippen LogP contribution in [0.3, 0.4) is 0 Å². The lowest BCUT2D eigenvalue weighted by Crippen LogP contribution is -2.45. The second-order valence-corrected chi connectivity index (χ2v) is 6.92. The van der Waals surface area contributed by atoms with Gasteiger partial charge in [-0.3, -0.25) is 10.1 Å². The first-order valence-electron chi connectivity index (χ1n) is 8.01. The maximum Gasteiger partial charge on any atom is 0.317 e. The first kappa shape index (κ1) is 20.2. The standard InChI is InChI=1S/C17H19FN4O2S.ClH/c18-11-4-1-3-10(7-11)14-8-13(16(25-14)22-17(19)24)15(23)21-12-5-2-6-20-9-12;/h1,3-4,7-8,12,20H,2,5-6,9H2,(H,21,23)(H3,19,22,24);1H/t12-;/m0./s1. The number of anilines is 1. The highest BCUT2D eigenvalue weighted by Crippen LogP contribution is 2.35. The molecule has 140 valence electrons. The fraction of sp³-hybridized carbons (Fsp3) is 0.294. The third-order valence-electron chi connectivity index (χ3n) is 3.95. The van der Waals surface area contributed by atoms with Crippen molar-refractivity contribution in [3.8, 4) is 10.4 Å². The number of thiophene rings is 1. The summed E-state index contributed by atoms with van der Waals surface area (Å²) < 4.78 is 13.5. The van der Waals surface area contributed by atoms with E-state index in [1.54, 1.807) is 18.2 Å². The van der Waals surface area contributed by atoms with Gasteiger partial charge < -0.3 is 16.4 Å². The SMILES string of the molecule is Cl.NC(=O)Nc1sc(-c2cccc(F)c2)cc1C(=O)N[C@H]1CCCNC1. The van der Waals surface area contributed by atoms with Gasteiger partial charge in [0.05, 0.1) is 5.56 Å². The molecule has 5 N–H and O–H groups in total. The molecule has 6 nitrogen and oxygen atoms in total. The molecule has 0 saturated carbocycles. The van der Waals surface area contributed by atoms with Crippen LogP contribution < -0.4 is 21.7 Å². The number of primary amides is 1. The average molecular weight is 399 g/mol. The Labute approximate surface area is 160 Å². The van der Waals surface area contributed by atoms with Crippen LogP contribution in [-0.4, -0.2) is 31.1 Å². The van der Waals surface area contributed by atoms with E-state index in [9.17, 15) is 14.0 Å². The summed E-state index contributed by atoms with van der Waals surface area (Å²) in [6.07, 6.45) is 1.90. The predicted octanol–water partition coefficient (Wildman–Crippen LogP) is 2.95. The lowest BCUT2D eigenvalue weighted by Gasteiger charge is -2.23. The summed E-state index contributed by atoms with van der Waals surface area (Å²) in [6.45, 7) is 1.66. The molecule has 1 aliphatic heterocycles. The predicted molar refractivity (Wildman–Crippen MR) is 104 cm³/mol. The van der Waals surface area contributed by atoms with Gasteiger partial charge in [0.1, 0.15) is 10.8 Å². The number of nitrogens with one attached hydrogen (secondary N) is 3. The van der Waals surface area contributed by atoms with Crippen LogP contribution in [0.5, 0.6) is 0 Å². The molecule has 1 aromatic carbocycles. The van der Waals surface area contributed by atoms with Crippen LogP contribution in [0.15, 0.2) is 30.3 Å². The van der Waals surface area contributed by atoms with E-state index in [0.29, 0.717) is 27.5 Å². The Bertz CT molecular complexity index is 793. The number of halogens is 2. The third kappa shape index (κ3) is 4.94. The van der Waals surface area contributed by atoms with Gasteiger partial charge in [-0.05, 0) is 43.1 Å². The van der Waals surface area contributed by atoms with Crippen molar-refractivity contribution in [2.24, 2.45) is 5.73 Å². The van der Waals surface area contributed by atoms with E-state index in [0.717, 1.165) is 19.4 Å². The number of piperidine rings is 1. The molecule has 1 aliphatic rings. The largest absolute Gasteiger partial charge is 0.351 e. The minimum Gasteiger partial charge on any atom is -0.351 e. The monoisotopic (exact) mass is 398 g/mol. The normalized spacial score (nSPS) is 16.4. The summed E-state index contributed by atoms with van der Waals surface area (Å²) in [5.74, 6) is -0.647. The van der Waals surface area contributed by atoms with Crippen molar-refractivity contribution in [3.63, 3.8) is 0 Å². The van der Waals surface area contributed by atoms with E-state index < -0.39 is 6.03 Å². The number of rotatable bonds is 4. The third-order valence-corrected chi connectivity index (χ3v) is 5.05. The minimum atomic E-state index is -0.749. The molecule has 0 radical (unpaired) electrons. The summed E-state index contributed by atoms with van der Waals surface area (Å²) in [6, 6.07) is 7.02. The lowest BCUT2D eigenvalue weighted by atomic mass is 10.1. The summed E-state index contributed by atoms with van der Waals surface area (Å²) in [5, 5.41) is 9.03. The number of hydrogen-bond acceptors (Lipinski definition) is 4. The fourth-order valence-electron chi connectivity index (χ4n) is 2.79. The quantitative estimate of drug-likeness (QED) is 0.637. The van der Waals surface area contributed by atoms with Gasteiger partial charge in [0.25, 0.3) is 5.91 Å². The molecule has 0 unspecified atom stereocenters. The topological polar surface area (TPSA) is 96.2 Å². The zero-order chi connectivity index (χ0) is 17.8. The van der Waals surface area contributed by atoms with Gasteiger partial charge in [0.15, 0.2) is 0 Å². The zero-order valence-electron chi connectivity index (χ0n) is 13.9. The van der Waals surface area contributed by atoms with Crippen LogP contribution in [0.1, 0.15) is 23.2 Å². The summed E-state index contributed by atoms with van der Waals surface area (Å²) >= 11 is 1.18. The second-order valence-electron chi connectivity index (χ2n) is 5.87. The highest BCUT2D eigenvalue weighted by Gasteiger charge is 2.22. The minimum absolute atomic E-state index is 0. The van der Waals surface area contributed by atoms with E-state index in [1.807, 2.05) is 0 Å². The average Bonchev–Trinajstić information content (AvgIpc) is 2.99. The molecule has 0 spiro atoms. The van der Waals surface area contributed by atoms with Crippen molar-refractivity contribution >= 4 is 40.7 Å². The second kappa shape index (κ2) is 8.98. The van der Waals surface area contributed by atoms with Gasteiger partial charge in [-0.1, -0.05) is 12.1 Å². The maximum atomic E-state index is 13.5. The van der Waals surface area contributed by atoms with E-state index in [-0.39, 0.29) is 30.2 Å². The van der Waals surface area contributed by atoms with Crippen molar-refractivity contribution in [1.82, 2.24) is 10.6 Å². The highest BCUT2D eigenvalue weighted by atomic mass is 35.5. The molecule has 1 aromatic heterocycles. The number of benzene rings is 1. The number of urea groups is 1. The number of carbonyl (C=O) groups excluding carboxylic acids is 2. The van der Waals surface area contributed by atoms with Crippen LogP contribution in [0, 0.1) is 5.82 Å². The van der Waals surface area contributed by atoms with E-state index in [1.165, 1.54) is 23.5 Å². The van der Waals surface area contributed by atoms with E-state index >= 15 is 0 Å². The molecule has 26 heavy (non-hydrogen) atoms. The molecule has 1 atom stereocenters. The van der Waals surface area contributed by atoms with Crippen molar-refractivity contribution in [3.05, 3.63) is 41.7 Å². The van der Waals surface area contributed by atoms with Gasteiger partial charge in [-0.2, -0.15) is 0 Å². The molecule has 1 saturated heterocycles. The van der Waals surface area contributed by atoms with Crippen LogP contribution in [-0.2, 0) is 0 Å². The molecular weight excluding hydrogens is 379 g/mol. The maximum absolute atomic E-state index is 13.5. The van der Waals surface area contributed by atoms with Gasteiger partial charge >= 0.3 is 6.03 Å². The molecule has 2 heterocycles. The molecule has 0 aliphatic carbocycles. The number of amides is 3. The Morgan fingerprint density at radius 1 is 1.31 bits per heavy atom. The number of carbonyl (C=O) groups is 2. The Morgan fingerprint density at radius 3 is 2.77 bits per heavy atom. The van der Waals surface area contributed by atoms with Gasteiger partial charge in [-0.15, -0.1) is 23.7 Å². The molecule has 3 amide bonds. The lowest BCUT2D eigenvalue weighted by molar-refractivity contribution is 0.0932. The number of hydrogen-bond donors (Lipinski definition) is 4. The Morgan fingerprint density at radius 2 is 2.12 bits per heavy atom. The Balaban J connectivity index is 0.00000243. The van der Waals surface area contributed by atoms with Crippen molar-refractivity contribution in [2.75, 3.05) is 18.4 Å². The molecule has 9 heteroatoms. The van der Waals surface area contributed by atoms with Crippen molar-refractivity contribution in [2.45, 2.75) is 18.9 Å². The summed E-state index contributed by atoms with van der Waals surface area (Å²) in [4.78, 5) is 24.6. The summed E-state index contributed by atoms with van der Waals surface area (Å²) in [7, 11) is 0. The zero-order valence-corrected chi connectivity index (χ0v) is 15.5. The van der Waals surface area contributed by atoms with Crippen molar-refractivity contribution in [1.29, 1.82) is 0 Å².